The van der Waals surface area contributed by atoms with Crippen LogP contribution >= 0.6 is 15.9 Å². The number of amides is 1. The minimum atomic E-state index is -0.654. The van der Waals surface area contributed by atoms with Gasteiger partial charge in [0.25, 0.3) is 5.91 Å². The number of nitrogens with one attached hydrogen (secondary N) is 1. The number of halogens is 2. The summed E-state index contributed by atoms with van der Waals surface area (Å²) in [5.74, 6) is -0.190. The third-order valence-corrected chi connectivity index (χ3v) is 2.79. The number of hydrogen-bond acceptors (Lipinski definition) is 3. The largest absolute Gasteiger partial charge is 0.481 e. The zero-order chi connectivity index (χ0) is 13.5. The molecule has 0 bridgehead atoms. The van der Waals surface area contributed by atoms with Gasteiger partial charge in [-0.3, -0.25) is 4.79 Å². The molecule has 4 nitrogen and oxygen atoms in total. The summed E-state index contributed by atoms with van der Waals surface area (Å²) in [7, 11) is 1.56. The summed E-state index contributed by atoms with van der Waals surface area (Å²) in [6, 6.07) is 4.22. The molecule has 0 saturated heterocycles. The van der Waals surface area contributed by atoms with Crippen molar-refractivity contribution in [3.05, 3.63) is 28.5 Å². The first-order chi connectivity index (χ1) is 8.54. The first-order valence-corrected chi connectivity index (χ1v) is 6.22. The molecule has 6 heteroatoms. The molecule has 0 saturated carbocycles. The lowest BCUT2D eigenvalue weighted by atomic mass is 10.3. The summed E-state index contributed by atoms with van der Waals surface area (Å²) < 4.78 is 23.5. The van der Waals surface area contributed by atoms with Gasteiger partial charge in [-0.2, -0.15) is 0 Å². The Labute approximate surface area is 114 Å². The Kier molecular flexibility index (Phi) is 6.07. The van der Waals surface area contributed by atoms with Gasteiger partial charge in [0.05, 0.1) is 11.1 Å². The molecule has 1 aromatic rings. The van der Waals surface area contributed by atoms with Gasteiger partial charge in [-0.25, -0.2) is 4.39 Å². The van der Waals surface area contributed by atoms with Gasteiger partial charge in [0.2, 0.25) is 0 Å². The van der Waals surface area contributed by atoms with Crippen molar-refractivity contribution < 1.29 is 18.7 Å². The second kappa shape index (κ2) is 7.33. The zero-order valence-electron chi connectivity index (χ0n) is 10.2. The van der Waals surface area contributed by atoms with Crippen molar-refractivity contribution >= 4 is 21.8 Å². The van der Waals surface area contributed by atoms with E-state index in [1.165, 1.54) is 18.2 Å². The zero-order valence-corrected chi connectivity index (χ0v) is 11.8. The van der Waals surface area contributed by atoms with Crippen molar-refractivity contribution in [3.8, 4) is 5.75 Å². The Balaban J connectivity index is 2.50. The van der Waals surface area contributed by atoms with Crippen LogP contribution in [-0.2, 0) is 9.53 Å². The normalized spacial score (nSPS) is 12.0. The first kappa shape index (κ1) is 14.9. The summed E-state index contributed by atoms with van der Waals surface area (Å²) in [5, 5.41) is 2.65. The number of carbonyl (C=O) groups excluding carboxylic acids is 1. The third-order valence-electron chi connectivity index (χ3n) is 2.18. The topological polar surface area (TPSA) is 47.6 Å². The number of rotatable bonds is 6. The molecular formula is C12H15BrFNO3. The molecule has 0 spiro atoms. The number of ether oxygens (including phenoxy) is 2. The van der Waals surface area contributed by atoms with E-state index < -0.39 is 6.10 Å². The van der Waals surface area contributed by atoms with Gasteiger partial charge >= 0.3 is 0 Å². The molecule has 0 fully saturated rings. The number of benzene rings is 1. The molecule has 1 atom stereocenters. The van der Waals surface area contributed by atoms with E-state index in [1.54, 1.807) is 14.0 Å². The van der Waals surface area contributed by atoms with E-state index in [-0.39, 0.29) is 11.7 Å². The van der Waals surface area contributed by atoms with Crippen LogP contribution in [0.25, 0.3) is 0 Å². The summed E-state index contributed by atoms with van der Waals surface area (Å²) in [6.45, 7) is 2.50. The number of carbonyl (C=O) groups is 1. The standard InChI is InChI=1S/C12H15BrFNO3/c1-8(12(16)15-5-6-17-2)18-9-3-4-11(14)10(13)7-9/h3-4,7-8H,5-6H2,1-2H3,(H,15,16). The van der Waals surface area contributed by atoms with E-state index >= 15 is 0 Å². The fourth-order valence-electron chi connectivity index (χ4n) is 1.23. The van der Waals surface area contributed by atoms with Crippen molar-refractivity contribution in [2.24, 2.45) is 0 Å². The maximum absolute atomic E-state index is 13.0. The minimum absolute atomic E-state index is 0.243. The van der Waals surface area contributed by atoms with Crippen molar-refractivity contribution in [1.29, 1.82) is 0 Å². The molecule has 18 heavy (non-hydrogen) atoms. The average Bonchev–Trinajstić information content (AvgIpc) is 2.34. The highest BCUT2D eigenvalue weighted by Gasteiger charge is 2.14. The van der Waals surface area contributed by atoms with Gasteiger partial charge in [-0.05, 0) is 41.1 Å². The van der Waals surface area contributed by atoms with Gasteiger partial charge in [-0.15, -0.1) is 0 Å². The van der Waals surface area contributed by atoms with Crippen LogP contribution in [-0.4, -0.2) is 32.3 Å². The molecule has 0 aromatic heterocycles. The van der Waals surface area contributed by atoms with Crippen LogP contribution < -0.4 is 10.1 Å². The van der Waals surface area contributed by atoms with E-state index in [2.05, 4.69) is 21.2 Å². The highest BCUT2D eigenvalue weighted by molar-refractivity contribution is 9.10. The van der Waals surface area contributed by atoms with E-state index in [0.717, 1.165) is 0 Å². The Morgan fingerprint density at radius 2 is 2.28 bits per heavy atom. The highest BCUT2D eigenvalue weighted by Crippen LogP contribution is 2.22. The molecule has 1 N–H and O–H groups in total. The van der Waals surface area contributed by atoms with Crippen LogP contribution in [0.2, 0.25) is 0 Å². The lowest BCUT2D eigenvalue weighted by Gasteiger charge is -2.14. The SMILES string of the molecule is COCCNC(=O)C(C)Oc1ccc(F)c(Br)c1. The first-order valence-electron chi connectivity index (χ1n) is 5.43. The van der Waals surface area contributed by atoms with Crippen molar-refractivity contribution in [3.63, 3.8) is 0 Å². The molecule has 0 radical (unpaired) electrons. The minimum Gasteiger partial charge on any atom is -0.481 e. The van der Waals surface area contributed by atoms with E-state index in [0.29, 0.717) is 23.4 Å². The Morgan fingerprint density at radius 3 is 2.89 bits per heavy atom. The second-order valence-electron chi connectivity index (χ2n) is 3.62. The fraction of sp³-hybridized carbons (Fsp3) is 0.417. The maximum atomic E-state index is 13.0. The van der Waals surface area contributed by atoms with Gasteiger partial charge in [0.15, 0.2) is 6.10 Å². The lowest BCUT2D eigenvalue weighted by molar-refractivity contribution is -0.127. The van der Waals surface area contributed by atoms with Crippen LogP contribution in [0.1, 0.15) is 6.92 Å². The molecule has 100 valence electrons. The predicted molar refractivity (Wildman–Crippen MR) is 69.1 cm³/mol. The predicted octanol–water partition coefficient (Wildman–Crippen LogP) is 2.12. The van der Waals surface area contributed by atoms with E-state index in [1.807, 2.05) is 0 Å². The molecule has 0 aliphatic carbocycles. The van der Waals surface area contributed by atoms with Crippen LogP contribution in [0.15, 0.2) is 22.7 Å². The molecule has 0 heterocycles. The maximum Gasteiger partial charge on any atom is 0.260 e. The van der Waals surface area contributed by atoms with Crippen molar-refractivity contribution in [2.45, 2.75) is 13.0 Å². The summed E-state index contributed by atoms with van der Waals surface area (Å²) in [5.41, 5.74) is 0. The van der Waals surface area contributed by atoms with Crippen LogP contribution in [0.5, 0.6) is 5.75 Å². The fourth-order valence-corrected chi connectivity index (χ4v) is 1.59. The highest BCUT2D eigenvalue weighted by atomic mass is 79.9. The van der Waals surface area contributed by atoms with Crippen LogP contribution in [0, 0.1) is 5.82 Å². The van der Waals surface area contributed by atoms with E-state index in [9.17, 15) is 9.18 Å². The quantitative estimate of drug-likeness (QED) is 0.817. The summed E-state index contributed by atoms with van der Waals surface area (Å²) >= 11 is 3.05. The molecular weight excluding hydrogens is 305 g/mol. The Bertz CT molecular complexity index is 414. The van der Waals surface area contributed by atoms with Crippen molar-refractivity contribution in [1.82, 2.24) is 5.32 Å². The molecule has 1 aromatic carbocycles. The monoisotopic (exact) mass is 319 g/mol. The summed E-state index contributed by atoms with van der Waals surface area (Å²) in [6.07, 6.45) is -0.654. The molecule has 1 rings (SSSR count). The Morgan fingerprint density at radius 1 is 1.56 bits per heavy atom. The van der Waals surface area contributed by atoms with Gasteiger partial charge < -0.3 is 14.8 Å². The molecule has 1 amide bonds. The molecule has 1 unspecified atom stereocenters. The van der Waals surface area contributed by atoms with Crippen molar-refractivity contribution in [2.75, 3.05) is 20.3 Å². The smallest absolute Gasteiger partial charge is 0.260 e. The van der Waals surface area contributed by atoms with Crippen LogP contribution in [0.3, 0.4) is 0 Å². The second-order valence-corrected chi connectivity index (χ2v) is 4.47. The van der Waals surface area contributed by atoms with Gasteiger partial charge in [0, 0.05) is 13.7 Å². The van der Waals surface area contributed by atoms with Gasteiger partial charge in [-0.1, -0.05) is 0 Å². The van der Waals surface area contributed by atoms with Crippen LogP contribution in [0.4, 0.5) is 4.39 Å². The Hall–Kier alpha value is -1.14. The third kappa shape index (κ3) is 4.62. The molecule has 0 aliphatic rings. The van der Waals surface area contributed by atoms with Gasteiger partial charge in [0.1, 0.15) is 11.6 Å². The average molecular weight is 320 g/mol. The number of methoxy groups -OCH3 is 1. The molecule has 0 aliphatic heterocycles. The lowest BCUT2D eigenvalue weighted by Crippen LogP contribution is -2.37. The number of hydrogen-bond donors (Lipinski definition) is 1. The van der Waals surface area contributed by atoms with E-state index in [4.69, 9.17) is 9.47 Å². The summed E-state index contributed by atoms with van der Waals surface area (Å²) in [4.78, 5) is 11.6.